The summed E-state index contributed by atoms with van der Waals surface area (Å²) in [6, 6.07) is 4.44. The van der Waals surface area contributed by atoms with Crippen LogP contribution < -0.4 is 15.2 Å². The second-order valence-corrected chi connectivity index (χ2v) is 4.25. The fourth-order valence-electron chi connectivity index (χ4n) is 1.81. The van der Waals surface area contributed by atoms with Gasteiger partial charge in [0.15, 0.2) is 11.5 Å². The Morgan fingerprint density at radius 2 is 2.00 bits per heavy atom. The molecule has 0 fully saturated rings. The van der Waals surface area contributed by atoms with E-state index in [2.05, 4.69) is 9.47 Å². The zero-order valence-corrected chi connectivity index (χ0v) is 11.0. The summed E-state index contributed by atoms with van der Waals surface area (Å²) >= 11 is 0. The van der Waals surface area contributed by atoms with Crippen molar-refractivity contribution in [3.63, 3.8) is 0 Å². The molecule has 0 aliphatic carbocycles. The van der Waals surface area contributed by atoms with E-state index in [9.17, 15) is 8.78 Å². The van der Waals surface area contributed by atoms with Crippen LogP contribution in [-0.4, -0.2) is 6.29 Å². The number of fused-ring (bicyclic) bond motifs is 1. The number of hydrogen-bond donors (Lipinski definition) is 1. The molecule has 1 aliphatic heterocycles. The normalized spacial score (nSPS) is 18.9. The van der Waals surface area contributed by atoms with Gasteiger partial charge in [-0.2, -0.15) is 0 Å². The first-order valence-corrected chi connectivity index (χ1v) is 5.59. The van der Waals surface area contributed by atoms with Gasteiger partial charge in [0, 0.05) is 11.6 Å². The van der Waals surface area contributed by atoms with Gasteiger partial charge in [-0.25, -0.2) is 0 Å². The van der Waals surface area contributed by atoms with E-state index in [0.717, 1.165) is 6.42 Å². The van der Waals surface area contributed by atoms with Gasteiger partial charge in [-0.15, -0.1) is 21.2 Å². The maximum atomic E-state index is 13.0. The second-order valence-electron chi connectivity index (χ2n) is 4.25. The highest BCUT2D eigenvalue weighted by Crippen LogP contribution is 2.45. The van der Waals surface area contributed by atoms with Crippen molar-refractivity contribution in [3.8, 4) is 11.5 Å². The molecule has 0 saturated heterocycles. The van der Waals surface area contributed by atoms with Gasteiger partial charge in [0.25, 0.3) is 0 Å². The molecule has 0 aromatic heterocycles. The molecule has 1 aromatic rings. The number of para-hydroxylation sites is 1. The van der Waals surface area contributed by atoms with Gasteiger partial charge < -0.3 is 15.2 Å². The first-order chi connectivity index (χ1) is 7.94. The summed E-state index contributed by atoms with van der Waals surface area (Å²) in [5.74, 6) is 0.288. The van der Waals surface area contributed by atoms with Gasteiger partial charge in [-0.3, -0.25) is 0 Å². The molecule has 1 aromatic carbocycles. The van der Waals surface area contributed by atoms with E-state index in [0.29, 0.717) is 5.56 Å². The van der Waals surface area contributed by atoms with E-state index in [-0.39, 0.29) is 35.9 Å². The highest BCUT2D eigenvalue weighted by atomic mass is 35.5. The average Bonchev–Trinajstić information content (AvgIpc) is 2.60. The number of ether oxygens (including phenoxy) is 2. The third-order valence-corrected chi connectivity index (χ3v) is 3.08. The summed E-state index contributed by atoms with van der Waals surface area (Å²) in [6.07, 6.45) is -2.73. The molecule has 1 heterocycles. The van der Waals surface area contributed by atoms with E-state index in [4.69, 9.17) is 5.73 Å². The molecule has 2 N–H and O–H groups in total. The molecule has 0 radical (unpaired) electrons. The van der Waals surface area contributed by atoms with Crippen LogP contribution in [0, 0.1) is 5.92 Å². The number of hydrogen-bond acceptors (Lipinski definition) is 3. The van der Waals surface area contributed by atoms with Crippen LogP contribution in [0.2, 0.25) is 0 Å². The number of alkyl halides is 2. The third-order valence-electron chi connectivity index (χ3n) is 3.08. The molecule has 3 nitrogen and oxygen atoms in total. The van der Waals surface area contributed by atoms with Crippen LogP contribution in [0.5, 0.6) is 11.5 Å². The minimum Gasteiger partial charge on any atom is -0.395 e. The van der Waals surface area contributed by atoms with Crippen LogP contribution >= 0.6 is 12.4 Å². The summed E-state index contributed by atoms with van der Waals surface area (Å²) in [4.78, 5) is 0. The molecule has 6 heteroatoms. The molecule has 18 heavy (non-hydrogen) atoms. The molecule has 1 unspecified atom stereocenters. The minimum absolute atomic E-state index is 0. The van der Waals surface area contributed by atoms with Crippen molar-refractivity contribution in [1.29, 1.82) is 0 Å². The lowest BCUT2D eigenvalue weighted by atomic mass is 9.92. The number of benzene rings is 1. The molecular weight excluding hydrogens is 264 g/mol. The molecular formula is C12H16ClF2NO2. The average molecular weight is 280 g/mol. The van der Waals surface area contributed by atoms with Gasteiger partial charge in [0.05, 0.1) is 0 Å². The van der Waals surface area contributed by atoms with Crippen LogP contribution in [0.4, 0.5) is 8.78 Å². The first-order valence-electron chi connectivity index (χ1n) is 5.59. The Bertz CT molecular complexity index is 429. The predicted molar refractivity (Wildman–Crippen MR) is 66.3 cm³/mol. The van der Waals surface area contributed by atoms with Crippen LogP contribution in [0.15, 0.2) is 18.2 Å². The van der Waals surface area contributed by atoms with Crippen LogP contribution in [0.1, 0.15) is 31.9 Å². The van der Waals surface area contributed by atoms with Crippen LogP contribution in [0.25, 0.3) is 0 Å². The summed E-state index contributed by atoms with van der Waals surface area (Å²) in [6.45, 7) is 3.97. The Hall–Kier alpha value is -1.07. The van der Waals surface area contributed by atoms with Crippen molar-refractivity contribution in [2.45, 2.75) is 32.6 Å². The maximum absolute atomic E-state index is 13.0. The van der Waals surface area contributed by atoms with Gasteiger partial charge in [0.1, 0.15) is 0 Å². The van der Waals surface area contributed by atoms with Crippen molar-refractivity contribution >= 4 is 12.4 Å². The van der Waals surface area contributed by atoms with E-state index in [1.54, 1.807) is 12.1 Å². The van der Waals surface area contributed by atoms with Crippen molar-refractivity contribution < 1.29 is 18.3 Å². The highest BCUT2D eigenvalue weighted by Gasteiger charge is 2.45. The van der Waals surface area contributed by atoms with Crippen molar-refractivity contribution in [1.82, 2.24) is 0 Å². The molecule has 2 rings (SSSR count). The minimum atomic E-state index is -3.59. The first kappa shape index (κ1) is 15.0. The quantitative estimate of drug-likeness (QED) is 0.921. The zero-order valence-electron chi connectivity index (χ0n) is 10.2. The predicted octanol–water partition coefficient (Wildman–Crippen LogP) is 3.48. The Morgan fingerprint density at radius 3 is 2.61 bits per heavy atom. The fraction of sp³-hybridized carbons (Fsp3) is 0.500. The molecule has 0 saturated carbocycles. The summed E-state index contributed by atoms with van der Waals surface area (Å²) in [5.41, 5.74) is 6.59. The topological polar surface area (TPSA) is 44.5 Å². The standard InChI is InChI=1S/C12H15F2NO2.ClH/c1-3-7(2)10(15)8-5-4-6-9-11(8)17-12(13,14)16-9;/h4-7,10H,3,15H2,1-2H3;1H/t7?,10-;/m1./s1. The molecule has 1 aliphatic rings. The third kappa shape index (κ3) is 2.67. The Balaban J connectivity index is 0.00000162. The van der Waals surface area contributed by atoms with Crippen molar-refractivity contribution in [2.24, 2.45) is 11.7 Å². The lowest BCUT2D eigenvalue weighted by Gasteiger charge is -2.19. The monoisotopic (exact) mass is 279 g/mol. The lowest BCUT2D eigenvalue weighted by molar-refractivity contribution is -0.287. The number of halogens is 3. The molecule has 0 bridgehead atoms. The summed E-state index contributed by atoms with van der Waals surface area (Å²) in [7, 11) is 0. The maximum Gasteiger partial charge on any atom is 0.586 e. The highest BCUT2D eigenvalue weighted by molar-refractivity contribution is 5.85. The smallest absolute Gasteiger partial charge is 0.395 e. The Morgan fingerprint density at radius 1 is 1.33 bits per heavy atom. The zero-order chi connectivity index (χ0) is 12.6. The Kier molecular flexibility index (Phi) is 4.40. The SMILES string of the molecule is CCC(C)[C@@H](N)c1cccc2c1OC(F)(F)O2.Cl. The van der Waals surface area contributed by atoms with Crippen molar-refractivity contribution in [2.75, 3.05) is 0 Å². The number of rotatable bonds is 3. The van der Waals surface area contributed by atoms with E-state index < -0.39 is 6.29 Å². The van der Waals surface area contributed by atoms with Gasteiger partial charge in [-0.05, 0) is 12.0 Å². The second kappa shape index (κ2) is 5.28. The molecule has 0 spiro atoms. The van der Waals surface area contributed by atoms with Gasteiger partial charge in [-0.1, -0.05) is 32.4 Å². The summed E-state index contributed by atoms with van der Waals surface area (Å²) in [5, 5.41) is 0. The Labute approximate surface area is 111 Å². The molecule has 2 atom stereocenters. The summed E-state index contributed by atoms with van der Waals surface area (Å²) < 4.78 is 34.8. The largest absolute Gasteiger partial charge is 0.586 e. The van der Waals surface area contributed by atoms with E-state index in [1.165, 1.54) is 6.07 Å². The van der Waals surface area contributed by atoms with E-state index in [1.807, 2.05) is 13.8 Å². The molecule has 102 valence electrons. The van der Waals surface area contributed by atoms with Gasteiger partial charge in [0.2, 0.25) is 0 Å². The molecule has 0 amide bonds. The van der Waals surface area contributed by atoms with Crippen LogP contribution in [-0.2, 0) is 0 Å². The van der Waals surface area contributed by atoms with Crippen molar-refractivity contribution in [3.05, 3.63) is 23.8 Å². The lowest BCUT2D eigenvalue weighted by Crippen LogP contribution is -2.26. The van der Waals surface area contributed by atoms with Gasteiger partial charge >= 0.3 is 6.29 Å². The van der Waals surface area contributed by atoms with E-state index >= 15 is 0 Å². The number of nitrogens with two attached hydrogens (primary N) is 1. The fourth-order valence-corrected chi connectivity index (χ4v) is 1.81. The van der Waals surface area contributed by atoms with Crippen LogP contribution in [0.3, 0.4) is 0 Å².